The van der Waals surface area contributed by atoms with E-state index in [4.69, 9.17) is 4.42 Å². The summed E-state index contributed by atoms with van der Waals surface area (Å²) in [5.74, 6) is -0.534. The van der Waals surface area contributed by atoms with Gasteiger partial charge in [0.1, 0.15) is 6.04 Å². The molecule has 26 heavy (non-hydrogen) atoms. The predicted molar refractivity (Wildman–Crippen MR) is 108 cm³/mol. The van der Waals surface area contributed by atoms with Crippen molar-refractivity contribution >= 4 is 40.1 Å². The first-order chi connectivity index (χ1) is 12.6. The molecule has 1 heterocycles. The van der Waals surface area contributed by atoms with Crippen LogP contribution in [0.1, 0.15) is 16.1 Å². The molecular formula is C20H17IN2O3. The van der Waals surface area contributed by atoms with E-state index >= 15 is 0 Å². The molecule has 0 aliphatic carbocycles. The first-order valence-electron chi connectivity index (χ1n) is 8.06. The summed E-state index contributed by atoms with van der Waals surface area (Å²) in [6.07, 6.45) is 1.80. The zero-order valence-electron chi connectivity index (χ0n) is 13.8. The Hall–Kier alpha value is -2.61. The summed E-state index contributed by atoms with van der Waals surface area (Å²) >= 11 is 2.20. The maximum atomic E-state index is 12.7. The van der Waals surface area contributed by atoms with Crippen LogP contribution >= 0.6 is 22.6 Å². The normalized spacial score (nSPS) is 11.6. The highest BCUT2D eigenvalue weighted by Gasteiger charge is 2.23. The second-order valence-corrected chi connectivity index (χ2v) is 6.93. The van der Waals surface area contributed by atoms with Crippen LogP contribution in [0.2, 0.25) is 0 Å². The minimum Gasteiger partial charge on any atom is -0.459 e. The molecule has 0 saturated carbocycles. The number of anilines is 1. The number of hydrogen-bond acceptors (Lipinski definition) is 3. The van der Waals surface area contributed by atoms with Crippen LogP contribution < -0.4 is 10.6 Å². The summed E-state index contributed by atoms with van der Waals surface area (Å²) < 4.78 is 6.19. The average molecular weight is 460 g/mol. The molecule has 0 aliphatic heterocycles. The fourth-order valence-corrected chi connectivity index (χ4v) is 2.82. The van der Waals surface area contributed by atoms with Crippen LogP contribution in [-0.2, 0) is 11.2 Å². The predicted octanol–water partition coefficient (Wildman–Crippen LogP) is 3.86. The van der Waals surface area contributed by atoms with E-state index in [0.717, 1.165) is 9.13 Å². The molecule has 0 radical (unpaired) electrons. The molecule has 132 valence electrons. The van der Waals surface area contributed by atoms with Gasteiger partial charge in [0.05, 0.1) is 6.26 Å². The Bertz CT molecular complexity index is 862. The second kappa shape index (κ2) is 8.66. The number of nitrogens with one attached hydrogen (secondary N) is 2. The summed E-state index contributed by atoms with van der Waals surface area (Å²) in [7, 11) is 0. The maximum Gasteiger partial charge on any atom is 0.287 e. The molecule has 1 unspecified atom stereocenters. The summed E-state index contributed by atoms with van der Waals surface area (Å²) in [4.78, 5) is 25.1. The minimum absolute atomic E-state index is 0.171. The lowest BCUT2D eigenvalue weighted by atomic mass is 10.0. The Morgan fingerprint density at radius 3 is 2.35 bits per heavy atom. The molecule has 3 aromatic rings. The van der Waals surface area contributed by atoms with Crippen molar-refractivity contribution in [3.8, 4) is 0 Å². The largest absolute Gasteiger partial charge is 0.459 e. The summed E-state index contributed by atoms with van der Waals surface area (Å²) in [6, 6.07) is 19.5. The van der Waals surface area contributed by atoms with Crippen molar-refractivity contribution < 1.29 is 14.0 Å². The lowest BCUT2D eigenvalue weighted by Crippen LogP contribution is -2.45. The van der Waals surface area contributed by atoms with Gasteiger partial charge in [-0.1, -0.05) is 30.3 Å². The van der Waals surface area contributed by atoms with Gasteiger partial charge in [0, 0.05) is 15.7 Å². The zero-order valence-corrected chi connectivity index (χ0v) is 16.0. The third-order valence-corrected chi connectivity index (χ3v) is 4.48. The number of hydrogen-bond donors (Lipinski definition) is 2. The topological polar surface area (TPSA) is 71.3 Å². The van der Waals surface area contributed by atoms with Crippen molar-refractivity contribution in [2.24, 2.45) is 0 Å². The number of carbonyl (C=O) groups excluding carboxylic acids is 2. The molecule has 1 atom stereocenters. The third-order valence-electron chi connectivity index (χ3n) is 3.76. The SMILES string of the molecule is O=C(NC(Cc1ccccc1)C(=O)Nc1ccc(I)cc1)c1ccco1. The summed E-state index contributed by atoms with van der Waals surface area (Å²) in [5.41, 5.74) is 1.63. The first kappa shape index (κ1) is 18.2. The molecule has 2 aromatic carbocycles. The molecule has 0 fully saturated rings. The first-order valence-corrected chi connectivity index (χ1v) is 9.14. The van der Waals surface area contributed by atoms with Gasteiger partial charge in [-0.3, -0.25) is 9.59 Å². The second-order valence-electron chi connectivity index (χ2n) is 5.69. The monoisotopic (exact) mass is 460 g/mol. The van der Waals surface area contributed by atoms with Crippen LogP contribution in [0.4, 0.5) is 5.69 Å². The van der Waals surface area contributed by atoms with Gasteiger partial charge >= 0.3 is 0 Å². The van der Waals surface area contributed by atoms with Gasteiger partial charge in [-0.15, -0.1) is 0 Å². The number of amides is 2. The highest BCUT2D eigenvalue weighted by molar-refractivity contribution is 14.1. The highest BCUT2D eigenvalue weighted by atomic mass is 127. The number of halogens is 1. The van der Waals surface area contributed by atoms with Crippen LogP contribution in [0.15, 0.2) is 77.4 Å². The quantitative estimate of drug-likeness (QED) is 0.549. The molecule has 2 amide bonds. The molecule has 3 rings (SSSR count). The fourth-order valence-electron chi connectivity index (χ4n) is 2.46. The zero-order chi connectivity index (χ0) is 18.4. The van der Waals surface area contributed by atoms with Gasteiger partial charge in [0.25, 0.3) is 5.91 Å². The van der Waals surface area contributed by atoms with Crippen LogP contribution in [0, 0.1) is 3.57 Å². The van der Waals surface area contributed by atoms with E-state index in [1.807, 2.05) is 54.6 Å². The van der Waals surface area contributed by atoms with Crippen LogP contribution in [0.5, 0.6) is 0 Å². The Labute approximate surface area is 164 Å². The number of furan rings is 1. The molecule has 0 spiro atoms. The average Bonchev–Trinajstić information content (AvgIpc) is 3.19. The molecule has 0 bridgehead atoms. The fraction of sp³-hybridized carbons (Fsp3) is 0.100. The van der Waals surface area contributed by atoms with Crippen molar-refractivity contribution in [1.29, 1.82) is 0 Å². The van der Waals surface area contributed by atoms with Gasteiger partial charge in [-0.05, 0) is 64.6 Å². The molecule has 0 saturated heterocycles. The number of benzene rings is 2. The lowest BCUT2D eigenvalue weighted by molar-refractivity contribution is -0.118. The Kier molecular flexibility index (Phi) is 6.06. The Balaban J connectivity index is 1.75. The smallest absolute Gasteiger partial charge is 0.287 e. The Morgan fingerprint density at radius 1 is 0.962 bits per heavy atom. The van der Waals surface area contributed by atoms with E-state index in [1.54, 1.807) is 12.1 Å². The summed E-state index contributed by atoms with van der Waals surface area (Å²) in [5, 5.41) is 5.61. The standard InChI is InChI=1S/C20H17IN2O3/c21-15-8-10-16(11-9-15)22-19(24)17(13-14-5-2-1-3-6-14)23-20(25)18-7-4-12-26-18/h1-12,17H,13H2,(H,22,24)(H,23,25). The van der Waals surface area contributed by atoms with Gasteiger partial charge < -0.3 is 15.1 Å². The van der Waals surface area contributed by atoms with E-state index in [2.05, 4.69) is 33.2 Å². The molecule has 1 aromatic heterocycles. The van der Waals surface area contributed by atoms with Gasteiger partial charge in [-0.25, -0.2) is 0 Å². The highest BCUT2D eigenvalue weighted by Crippen LogP contribution is 2.13. The van der Waals surface area contributed by atoms with Crippen LogP contribution in [-0.4, -0.2) is 17.9 Å². The van der Waals surface area contributed by atoms with Crippen molar-refractivity contribution in [1.82, 2.24) is 5.32 Å². The van der Waals surface area contributed by atoms with E-state index in [9.17, 15) is 9.59 Å². The van der Waals surface area contributed by atoms with Gasteiger partial charge in [0.15, 0.2) is 5.76 Å². The van der Waals surface area contributed by atoms with Crippen molar-refractivity contribution in [2.75, 3.05) is 5.32 Å². The van der Waals surface area contributed by atoms with Crippen molar-refractivity contribution in [2.45, 2.75) is 12.5 Å². The van der Waals surface area contributed by atoms with Gasteiger partial charge in [-0.2, -0.15) is 0 Å². The minimum atomic E-state index is -0.728. The lowest BCUT2D eigenvalue weighted by Gasteiger charge is -2.18. The number of carbonyl (C=O) groups is 2. The molecule has 6 heteroatoms. The van der Waals surface area contributed by atoms with E-state index < -0.39 is 11.9 Å². The maximum absolute atomic E-state index is 12.7. The van der Waals surface area contributed by atoms with E-state index in [-0.39, 0.29) is 11.7 Å². The molecular weight excluding hydrogens is 443 g/mol. The van der Waals surface area contributed by atoms with Crippen LogP contribution in [0.25, 0.3) is 0 Å². The molecule has 0 aliphatic rings. The molecule has 5 nitrogen and oxygen atoms in total. The van der Waals surface area contributed by atoms with E-state index in [0.29, 0.717) is 12.1 Å². The Morgan fingerprint density at radius 2 is 1.69 bits per heavy atom. The number of rotatable bonds is 6. The third kappa shape index (κ3) is 4.95. The van der Waals surface area contributed by atoms with Crippen molar-refractivity contribution in [3.63, 3.8) is 0 Å². The molecule has 2 N–H and O–H groups in total. The summed E-state index contributed by atoms with van der Waals surface area (Å²) in [6.45, 7) is 0. The van der Waals surface area contributed by atoms with Crippen molar-refractivity contribution in [3.05, 3.63) is 87.9 Å². The van der Waals surface area contributed by atoms with E-state index in [1.165, 1.54) is 6.26 Å². The van der Waals surface area contributed by atoms with Crippen LogP contribution in [0.3, 0.4) is 0 Å². The van der Waals surface area contributed by atoms with Gasteiger partial charge in [0.2, 0.25) is 5.91 Å².